The lowest BCUT2D eigenvalue weighted by molar-refractivity contribution is -0.114. The van der Waals surface area contributed by atoms with Crippen LogP contribution in [0.3, 0.4) is 0 Å². The molecule has 272 valence electrons. The molecule has 0 aliphatic carbocycles. The number of hydrogen-bond donors (Lipinski definition) is 2. The van der Waals surface area contributed by atoms with Crippen molar-refractivity contribution in [3.8, 4) is 11.5 Å². The Bertz CT molecular complexity index is 1730. The Morgan fingerprint density at radius 2 is 1.51 bits per heavy atom. The molecule has 2 N–H and O–H groups in total. The van der Waals surface area contributed by atoms with E-state index < -0.39 is 35.8 Å². The van der Waals surface area contributed by atoms with Crippen LogP contribution in [-0.4, -0.2) is 76.8 Å². The van der Waals surface area contributed by atoms with Gasteiger partial charge < -0.3 is 34.1 Å². The summed E-state index contributed by atoms with van der Waals surface area (Å²) in [5.41, 5.74) is 0.662. The lowest BCUT2D eigenvalue weighted by Crippen LogP contribution is -2.41. The van der Waals surface area contributed by atoms with Crippen molar-refractivity contribution < 1.29 is 33.6 Å². The Labute approximate surface area is 306 Å². The molecule has 0 saturated carbocycles. The molecule has 0 bridgehead atoms. The Hall–Kier alpha value is -3.85. The fourth-order valence-corrected chi connectivity index (χ4v) is 7.95. The van der Waals surface area contributed by atoms with Gasteiger partial charge in [0.15, 0.2) is 6.23 Å². The Morgan fingerprint density at radius 1 is 0.922 bits per heavy atom. The highest BCUT2D eigenvalue weighted by Gasteiger charge is 2.48. The van der Waals surface area contributed by atoms with E-state index in [9.17, 15) is 14.7 Å². The van der Waals surface area contributed by atoms with Crippen LogP contribution in [0.4, 0.5) is 5.82 Å². The van der Waals surface area contributed by atoms with E-state index in [1.165, 1.54) is 23.8 Å². The quantitative estimate of drug-likeness (QED) is 0.0841. The van der Waals surface area contributed by atoms with Crippen molar-refractivity contribution >= 4 is 33.3 Å². The normalized spacial score (nSPS) is 19.1. The maximum absolute atomic E-state index is 13.3. The molecule has 0 radical (unpaired) electrons. The lowest BCUT2D eigenvalue weighted by Gasteiger charge is -2.37. The van der Waals surface area contributed by atoms with E-state index in [1.54, 1.807) is 35.8 Å². The van der Waals surface area contributed by atoms with Crippen LogP contribution >= 0.6 is 21.6 Å². The highest BCUT2D eigenvalue weighted by molar-refractivity contribution is 8.77. The number of anilines is 1. The van der Waals surface area contributed by atoms with Gasteiger partial charge in [-0.1, -0.05) is 97.0 Å². The molecule has 1 saturated heterocycles. The van der Waals surface area contributed by atoms with Crippen LogP contribution in [-0.2, 0) is 24.6 Å². The number of amides is 1. The molecule has 4 aromatic rings. The van der Waals surface area contributed by atoms with Gasteiger partial charge in [0.1, 0.15) is 41.2 Å². The number of carbonyl (C=O) groups is 1. The van der Waals surface area contributed by atoms with Crippen LogP contribution in [0.15, 0.2) is 95.9 Å². The van der Waals surface area contributed by atoms with Crippen molar-refractivity contribution in [1.82, 2.24) is 9.55 Å². The number of nitrogens with one attached hydrogen (secondary N) is 1. The molecule has 3 aromatic carbocycles. The minimum Gasteiger partial charge on any atom is -0.497 e. The Kier molecular flexibility index (Phi) is 12.9. The third-order valence-electron chi connectivity index (χ3n) is 8.14. The predicted molar refractivity (Wildman–Crippen MR) is 201 cm³/mol. The summed E-state index contributed by atoms with van der Waals surface area (Å²) >= 11 is 0. The van der Waals surface area contributed by atoms with Crippen molar-refractivity contribution in [2.75, 3.05) is 38.5 Å². The number of carbonyl (C=O) groups excluding carboxylic acids is 1. The van der Waals surface area contributed by atoms with Gasteiger partial charge in [-0.15, -0.1) is 0 Å². The molecule has 1 fully saturated rings. The molecule has 4 atom stereocenters. The second-order valence-corrected chi connectivity index (χ2v) is 16.2. The summed E-state index contributed by atoms with van der Waals surface area (Å²) in [6.45, 7) is 7.97. The van der Waals surface area contributed by atoms with Crippen LogP contribution in [0, 0.1) is 0 Å². The fraction of sp³-hybridized carbons (Fsp3) is 0.395. The van der Waals surface area contributed by atoms with E-state index in [1.807, 2.05) is 78.9 Å². The number of ether oxygens (including phenoxy) is 5. The third-order valence-corrected chi connectivity index (χ3v) is 11.4. The average molecular weight is 736 g/mol. The first-order chi connectivity index (χ1) is 24.4. The van der Waals surface area contributed by atoms with Gasteiger partial charge in [-0.2, -0.15) is 4.98 Å². The van der Waals surface area contributed by atoms with Crippen molar-refractivity contribution in [3.63, 3.8) is 0 Å². The maximum Gasteiger partial charge on any atom is 0.351 e. The van der Waals surface area contributed by atoms with E-state index in [0.29, 0.717) is 23.9 Å². The molecule has 2 heterocycles. The first kappa shape index (κ1) is 38.4. The number of aliphatic hydroxyl groups is 1. The Morgan fingerprint density at radius 3 is 2.04 bits per heavy atom. The minimum absolute atomic E-state index is 0.0687. The zero-order chi connectivity index (χ0) is 36.6. The molecular weight excluding hydrogens is 691 g/mol. The molecule has 0 unspecified atom stereocenters. The van der Waals surface area contributed by atoms with Crippen molar-refractivity contribution in [2.24, 2.45) is 0 Å². The van der Waals surface area contributed by atoms with Crippen molar-refractivity contribution in [3.05, 3.63) is 118 Å². The standard InChI is InChI=1S/C38H45N3O8S2/c1-25(42)39-32-20-21-41(36(44)40-32)35-34(47-22-23-50-51-37(2,3)4)33(43)31(49-35)24-48-38(26-10-8-7-9-11-26,27-12-16-29(45-5)17-13-27)28-14-18-30(46-6)19-15-28/h7-21,31,33-35,43H,22-24H2,1-6H3,(H,39,40,42,44)/t31-,33-,34-,35-/m1/s1. The molecule has 13 heteroatoms. The zero-order valence-corrected chi connectivity index (χ0v) is 31.2. The van der Waals surface area contributed by atoms with Gasteiger partial charge in [0.05, 0.1) is 27.4 Å². The number of benzene rings is 3. The molecular formula is C38H45N3O8S2. The maximum atomic E-state index is 13.3. The number of aromatic nitrogens is 2. The van der Waals surface area contributed by atoms with Gasteiger partial charge >= 0.3 is 5.69 Å². The fourth-order valence-electron chi connectivity index (χ4n) is 5.83. The summed E-state index contributed by atoms with van der Waals surface area (Å²) in [4.78, 5) is 28.9. The molecule has 5 rings (SSSR count). The summed E-state index contributed by atoms with van der Waals surface area (Å²) in [6.07, 6.45) is -2.54. The second-order valence-electron chi connectivity index (χ2n) is 12.9. The molecule has 51 heavy (non-hydrogen) atoms. The van der Waals surface area contributed by atoms with Gasteiger partial charge in [-0.25, -0.2) is 4.79 Å². The Balaban J connectivity index is 1.50. The van der Waals surface area contributed by atoms with Crippen LogP contribution in [0.5, 0.6) is 11.5 Å². The predicted octanol–water partition coefficient (Wildman–Crippen LogP) is 6.05. The van der Waals surface area contributed by atoms with Crippen molar-refractivity contribution in [1.29, 1.82) is 0 Å². The zero-order valence-electron chi connectivity index (χ0n) is 29.6. The first-order valence-electron chi connectivity index (χ1n) is 16.6. The molecule has 1 amide bonds. The molecule has 0 spiro atoms. The topological polar surface area (TPSA) is 130 Å². The highest BCUT2D eigenvalue weighted by Crippen LogP contribution is 2.43. The minimum atomic E-state index is -1.17. The van der Waals surface area contributed by atoms with Crippen molar-refractivity contribution in [2.45, 2.75) is 62.6 Å². The molecule has 1 aliphatic heterocycles. The second kappa shape index (κ2) is 17.1. The number of aliphatic hydroxyl groups excluding tert-OH is 1. The van der Waals surface area contributed by atoms with Crippen LogP contribution in [0.25, 0.3) is 0 Å². The average Bonchev–Trinajstić information content (AvgIpc) is 3.42. The monoisotopic (exact) mass is 735 g/mol. The summed E-state index contributed by atoms with van der Waals surface area (Å²) in [7, 11) is 6.64. The summed E-state index contributed by atoms with van der Waals surface area (Å²) in [6, 6.07) is 26.6. The van der Waals surface area contributed by atoms with Crippen LogP contribution in [0.2, 0.25) is 0 Å². The summed E-state index contributed by atoms with van der Waals surface area (Å²) < 4.78 is 32.0. The number of hydrogen-bond acceptors (Lipinski definition) is 11. The van der Waals surface area contributed by atoms with Gasteiger partial charge in [0.2, 0.25) is 5.91 Å². The van der Waals surface area contributed by atoms with Crippen LogP contribution in [0.1, 0.15) is 50.6 Å². The van der Waals surface area contributed by atoms with E-state index in [0.717, 1.165) is 16.7 Å². The third kappa shape index (κ3) is 9.34. The van der Waals surface area contributed by atoms with Gasteiger partial charge in [-0.3, -0.25) is 9.36 Å². The smallest absolute Gasteiger partial charge is 0.351 e. The summed E-state index contributed by atoms with van der Waals surface area (Å²) in [5, 5.41) is 14.3. The SMILES string of the molecule is COc1ccc(C(OC[C@H]2O[C@@H](n3ccc(NC(C)=O)nc3=O)[C@H](OCCSSC(C)(C)C)[C@@H]2O)(c2ccccc2)c2ccc(OC)cc2)cc1. The van der Waals surface area contributed by atoms with Gasteiger partial charge in [-0.05, 0) is 47.0 Å². The number of nitrogens with zero attached hydrogens (tertiary/aromatic N) is 2. The highest BCUT2D eigenvalue weighted by atomic mass is 33.1. The van der Waals surface area contributed by atoms with Gasteiger partial charge in [0.25, 0.3) is 0 Å². The molecule has 1 aliphatic rings. The van der Waals surface area contributed by atoms with Crippen LogP contribution < -0.4 is 20.5 Å². The van der Waals surface area contributed by atoms with Gasteiger partial charge in [0, 0.05) is 23.6 Å². The largest absolute Gasteiger partial charge is 0.497 e. The van der Waals surface area contributed by atoms with E-state index in [4.69, 9.17) is 23.7 Å². The number of methoxy groups -OCH3 is 2. The first-order valence-corrected chi connectivity index (χ1v) is 18.9. The number of rotatable bonds is 15. The van der Waals surface area contributed by atoms with E-state index >= 15 is 0 Å². The lowest BCUT2D eigenvalue weighted by atomic mass is 9.80. The van der Waals surface area contributed by atoms with E-state index in [2.05, 4.69) is 31.1 Å². The molecule has 11 nitrogen and oxygen atoms in total. The summed E-state index contributed by atoms with van der Waals surface area (Å²) in [5.74, 6) is 1.79. The van der Waals surface area contributed by atoms with E-state index in [-0.39, 0.29) is 23.1 Å². The molecule has 1 aromatic heterocycles.